The molecule has 1 aromatic carbocycles. The van der Waals surface area contributed by atoms with Gasteiger partial charge in [-0.25, -0.2) is 4.79 Å². The number of carbonyl (C=O) groups is 2. The first-order chi connectivity index (χ1) is 9.40. The molecular formula is C14H17BrClNO3. The Balaban J connectivity index is 2.90. The predicted molar refractivity (Wildman–Crippen MR) is 81.9 cm³/mol. The summed E-state index contributed by atoms with van der Waals surface area (Å²) < 4.78 is 5.44. The quantitative estimate of drug-likeness (QED) is 0.817. The van der Waals surface area contributed by atoms with E-state index in [-0.39, 0.29) is 11.8 Å². The largest absolute Gasteiger partial charge is 0.467 e. The van der Waals surface area contributed by atoms with Crippen molar-refractivity contribution in [3.05, 3.63) is 33.3 Å². The van der Waals surface area contributed by atoms with Gasteiger partial charge in [-0.05, 0) is 40.0 Å². The van der Waals surface area contributed by atoms with E-state index in [1.54, 1.807) is 18.2 Å². The number of hydrogen-bond acceptors (Lipinski definition) is 3. The molecule has 4 nitrogen and oxygen atoms in total. The van der Waals surface area contributed by atoms with Gasteiger partial charge in [-0.15, -0.1) is 0 Å². The van der Waals surface area contributed by atoms with E-state index in [0.29, 0.717) is 15.1 Å². The van der Waals surface area contributed by atoms with Gasteiger partial charge < -0.3 is 10.1 Å². The zero-order valence-electron chi connectivity index (χ0n) is 11.6. The van der Waals surface area contributed by atoms with Crippen molar-refractivity contribution in [1.29, 1.82) is 0 Å². The number of esters is 1. The molecule has 0 spiro atoms. The Morgan fingerprint density at radius 1 is 1.45 bits per heavy atom. The lowest BCUT2D eigenvalue weighted by atomic mass is 9.99. The number of carbonyl (C=O) groups excluding carboxylic acids is 2. The van der Waals surface area contributed by atoms with Crippen molar-refractivity contribution in [3.8, 4) is 0 Å². The van der Waals surface area contributed by atoms with Crippen molar-refractivity contribution in [2.45, 2.75) is 26.3 Å². The van der Waals surface area contributed by atoms with E-state index in [2.05, 4.69) is 21.2 Å². The Morgan fingerprint density at radius 3 is 2.60 bits per heavy atom. The van der Waals surface area contributed by atoms with Gasteiger partial charge in [0.1, 0.15) is 6.04 Å². The summed E-state index contributed by atoms with van der Waals surface area (Å²) >= 11 is 9.22. The highest BCUT2D eigenvalue weighted by Gasteiger charge is 2.27. The highest BCUT2D eigenvalue weighted by Crippen LogP contribution is 2.23. The SMILES string of the molecule is CCC(C)C(NC(=O)c1ccc(Br)c(Cl)c1)C(=O)OC. The van der Waals surface area contributed by atoms with Crippen LogP contribution in [0.2, 0.25) is 5.02 Å². The average Bonchev–Trinajstić information content (AvgIpc) is 2.45. The van der Waals surface area contributed by atoms with Gasteiger partial charge in [0.25, 0.3) is 5.91 Å². The van der Waals surface area contributed by atoms with E-state index in [4.69, 9.17) is 16.3 Å². The number of methoxy groups -OCH3 is 1. The third-order valence-electron chi connectivity index (χ3n) is 3.14. The molecule has 2 unspecified atom stereocenters. The summed E-state index contributed by atoms with van der Waals surface area (Å²) in [5.41, 5.74) is 0.399. The smallest absolute Gasteiger partial charge is 0.328 e. The molecule has 0 heterocycles. The van der Waals surface area contributed by atoms with Crippen molar-refractivity contribution in [1.82, 2.24) is 5.32 Å². The summed E-state index contributed by atoms with van der Waals surface area (Å²) in [6, 6.07) is 4.20. The first-order valence-electron chi connectivity index (χ1n) is 6.24. The minimum absolute atomic E-state index is 0.0164. The lowest BCUT2D eigenvalue weighted by Crippen LogP contribution is -2.45. The van der Waals surface area contributed by atoms with Crippen LogP contribution in [0.3, 0.4) is 0 Å². The molecule has 0 saturated heterocycles. The number of rotatable bonds is 5. The van der Waals surface area contributed by atoms with Crippen LogP contribution in [0.5, 0.6) is 0 Å². The second-order valence-electron chi connectivity index (χ2n) is 4.49. The number of amides is 1. The lowest BCUT2D eigenvalue weighted by Gasteiger charge is -2.21. The van der Waals surface area contributed by atoms with Crippen LogP contribution in [-0.2, 0) is 9.53 Å². The van der Waals surface area contributed by atoms with Gasteiger partial charge in [-0.3, -0.25) is 4.79 Å². The number of hydrogen-bond donors (Lipinski definition) is 1. The first kappa shape index (κ1) is 17.0. The van der Waals surface area contributed by atoms with Gasteiger partial charge in [-0.2, -0.15) is 0 Å². The molecular weight excluding hydrogens is 346 g/mol. The highest BCUT2D eigenvalue weighted by atomic mass is 79.9. The molecule has 0 aromatic heterocycles. The molecule has 0 saturated carbocycles. The number of nitrogens with one attached hydrogen (secondary N) is 1. The Kier molecular flexibility index (Phi) is 6.49. The number of benzene rings is 1. The molecule has 0 fully saturated rings. The summed E-state index contributed by atoms with van der Waals surface area (Å²) in [6.07, 6.45) is 0.751. The van der Waals surface area contributed by atoms with Gasteiger partial charge >= 0.3 is 5.97 Å². The maximum atomic E-state index is 12.2. The van der Waals surface area contributed by atoms with E-state index >= 15 is 0 Å². The van der Waals surface area contributed by atoms with Gasteiger partial charge in [0.05, 0.1) is 12.1 Å². The normalized spacial score (nSPS) is 13.4. The van der Waals surface area contributed by atoms with Crippen LogP contribution >= 0.6 is 27.5 Å². The van der Waals surface area contributed by atoms with Gasteiger partial charge in [0, 0.05) is 10.0 Å². The van der Waals surface area contributed by atoms with Gasteiger partial charge in [0.2, 0.25) is 0 Å². The molecule has 1 N–H and O–H groups in total. The second-order valence-corrected chi connectivity index (χ2v) is 5.75. The van der Waals surface area contributed by atoms with Crippen molar-refractivity contribution in [3.63, 3.8) is 0 Å². The summed E-state index contributed by atoms with van der Waals surface area (Å²) in [7, 11) is 1.31. The van der Waals surface area contributed by atoms with Crippen molar-refractivity contribution in [2.75, 3.05) is 7.11 Å². The van der Waals surface area contributed by atoms with Gasteiger partial charge in [0.15, 0.2) is 0 Å². The van der Waals surface area contributed by atoms with Crippen LogP contribution in [0.1, 0.15) is 30.6 Å². The molecule has 20 heavy (non-hydrogen) atoms. The molecule has 0 aliphatic rings. The van der Waals surface area contributed by atoms with Crippen LogP contribution in [0.25, 0.3) is 0 Å². The molecule has 0 aliphatic carbocycles. The van der Waals surface area contributed by atoms with Crippen LogP contribution in [0, 0.1) is 5.92 Å². The molecule has 0 aliphatic heterocycles. The molecule has 1 amide bonds. The van der Waals surface area contributed by atoms with E-state index in [1.807, 2.05) is 13.8 Å². The van der Waals surface area contributed by atoms with Crippen LogP contribution in [0.4, 0.5) is 0 Å². The monoisotopic (exact) mass is 361 g/mol. The summed E-state index contributed by atoms with van der Waals surface area (Å²) in [6.45, 7) is 3.83. The topological polar surface area (TPSA) is 55.4 Å². The van der Waals surface area contributed by atoms with Crippen LogP contribution in [-0.4, -0.2) is 25.0 Å². The minimum Gasteiger partial charge on any atom is -0.467 e. The Labute approximate surface area is 132 Å². The minimum atomic E-state index is -0.667. The van der Waals surface area contributed by atoms with E-state index in [9.17, 15) is 9.59 Å². The van der Waals surface area contributed by atoms with Crippen LogP contribution < -0.4 is 5.32 Å². The summed E-state index contributed by atoms with van der Waals surface area (Å²) in [5.74, 6) is -0.816. The fourth-order valence-electron chi connectivity index (χ4n) is 1.66. The number of ether oxygens (including phenoxy) is 1. The molecule has 6 heteroatoms. The van der Waals surface area contributed by atoms with Crippen molar-refractivity contribution < 1.29 is 14.3 Å². The van der Waals surface area contributed by atoms with E-state index < -0.39 is 12.0 Å². The third-order valence-corrected chi connectivity index (χ3v) is 4.37. The van der Waals surface area contributed by atoms with Crippen molar-refractivity contribution in [2.24, 2.45) is 5.92 Å². The second kappa shape index (κ2) is 7.64. The van der Waals surface area contributed by atoms with Gasteiger partial charge in [-0.1, -0.05) is 31.9 Å². The molecule has 1 aromatic rings. The molecule has 110 valence electrons. The highest BCUT2D eigenvalue weighted by molar-refractivity contribution is 9.10. The molecule has 0 bridgehead atoms. The zero-order valence-corrected chi connectivity index (χ0v) is 13.9. The Bertz CT molecular complexity index is 507. The fourth-order valence-corrected chi connectivity index (χ4v) is 2.09. The molecule has 1 rings (SSSR count). The van der Waals surface area contributed by atoms with E-state index in [1.165, 1.54) is 7.11 Å². The standard InChI is InChI=1S/C14H17BrClNO3/c1-4-8(2)12(14(19)20-3)17-13(18)9-5-6-10(15)11(16)7-9/h5-8,12H,4H2,1-3H3,(H,17,18). The maximum absolute atomic E-state index is 12.2. The Morgan fingerprint density at radius 2 is 2.10 bits per heavy atom. The predicted octanol–water partition coefficient (Wildman–Crippen LogP) is 3.42. The van der Waals surface area contributed by atoms with Crippen LogP contribution in [0.15, 0.2) is 22.7 Å². The van der Waals surface area contributed by atoms with Crippen molar-refractivity contribution >= 4 is 39.4 Å². The average molecular weight is 363 g/mol. The molecule has 0 radical (unpaired) electrons. The fraction of sp³-hybridized carbons (Fsp3) is 0.429. The first-order valence-corrected chi connectivity index (χ1v) is 7.41. The number of halogens is 2. The lowest BCUT2D eigenvalue weighted by molar-refractivity contribution is -0.144. The zero-order chi connectivity index (χ0) is 15.3. The summed E-state index contributed by atoms with van der Waals surface area (Å²) in [4.78, 5) is 23.9. The Hall–Kier alpha value is -1.07. The maximum Gasteiger partial charge on any atom is 0.328 e. The summed E-state index contributed by atoms with van der Waals surface area (Å²) in [5, 5.41) is 3.13. The van der Waals surface area contributed by atoms with E-state index in [0.717, 1.165) is 6.42 Å². The third kappa shape index (κ3) is 4.21. The molecule has 2 atom stereocenters.